The van der Waals surface area contributed by atoms with Gasteiger partial charge in [-0.3, -0.25) is 4.79 Å². The van der Waals surface area contributed by atoms with Gasteiger partial charge in [-0.15, -0.1) is 0 Å². The zero-order valence-electron chi connectivity index (χ0n) is 18.4. The molecule has 0 saturated carbocycles. The number of nitrogens with one attached hydrogen (secondary N) is 1. The first-order valence-corrected chi connectivity index (χ1v) is 13.6. The van der Waals surface area contributed by atoms with Crippen LogP contribution >= 0.6 is 42.3 Å². The lowest BCUT2D eigenvalue weighted by Gasteiger charge is -2.30. The summed E-state index contributed by atoms with van der Waals surface area (Å²) in [7, 11) is 0. The summed E-state index contributed by atoms with van der Waals surface area (Å²) in [6, 6.07) is 36.5. The molecule has 0 aromatic heterocycles. The molecule has 0 unspecified atom stereocenters. The summed E-state index contributed by atoms with van der Waals surface area (Å²) in [6.45, 7) is -2.74. The van der Waals surface area contributed by atoms with Crippen LogP contribution in [0.15, 0.2) is 109 Å². The van der Waals surface area contributed by atoms with Gasteiger partial charge in [0.1, 0.15) is 11.1 Å². The van der Waals surface area contributed by atoms with Gasteiger partial charge in [0, 0.05) is 5.02 Å². The third-order valence-corrected chi connectivity index (χ3v) is 10.7. The van der Waals surface area contributed by atoms with Crippen molar-refractivity contribution in [2.75, 3.05) is 0 Å². The number of hydrogen-bond donors (Lipinski definition) is 1. The van der Waals surface area contributed by atoms with E-state index in [4.69, 9.17) is 35.4 Å². The maximum Gasteiger partial charge on any atom is 0.257 e. The number of hydrogen-bond acceptors (Lipinski definition) is 3. The molecule has 0 atom stereocenters. The van der Waals surface area contributed by atoms with E-state index < -0.39 is 12.8 Å². The van der Waals surface area contributed by atoms with Crippen molar-refractivity contribution >= 4 is 74.4 Å². The normalized spacial score (nSPS) is 10.8. The van der Waals surface area contributed by atoms with Crippen LogP contribution in [0.4, 0.5) is 0 Å². The van der Waals surface area contributed by atoms with E-state index >= 15 is 0 Å². The molecule has 4 aromatic carbocycles. The molecule has 4 rings (SSSR count). The van der Waals surface area contributed by atoms with Gasteiger partial charge in [0.15, 0.2) is 0 Å². The molecule has 4 aromatic rings. The van der Waals surface area contributed by atoms with Crippen molar-refractivity contribution in [3.63, 3.8) is 0 Å². The van der Waals surface area contributed by atoms with E-state index in [-0.39, 0.29) is 15.6 Å². The second kappa shape index (κ2) is 11.0. The topological polar surface area (TPSA) is 52.9 Å². The highest BCUT2D eigenvalue weighted by Gasteiger charge is 2.32. The van der Waals surface area contributed by atoms with Gasteiger partial charge in [-0.2, -0.15) is 5.26 Å². The Morgan fingerprint density at radius 3 is 1.63 bits per heavy atom. The Morgan fingerprint density at radius 1 is 0.771 bits per heavy atom. The molecule has 35 heavy (non-hydrogen) atoms. The lowest BCUT2D eigenvalue weighted by atomic mass is 10.2. The van der Waals surface area contributed by atoms with E-state index in [0.717, 1.165) is 15.9 Å². The van der Waals surface area contributed by atoms with E-state index in [1.165, 1.54) is 12.1 Å². The summed E-state index contributed by atoms with van der Waals surface area (Å²) in [5.41, 5.74) is 0.221. The maximum absolute atomic E-state index is 13.1. The van der Waals surface area contributed by atoms with Crippen LogP contribution in [-0.2, 0) is 0 Å². The zero-order valence-corrected chi connectivity index (χ0v) is 21.6. The Bertz CT molecular complexity index is 1380. The minimum absolute atomic E-state index is 0.0633. The fourth-order valence-corrected chi connectivity index (χ4v) is 9.05. The van der Waals surface area contributed by atoms with Crippen LogP contribution in [-0.4, -0.2) is 16.2 Å². The molecule has 0 bridgehead atoms. The Hall–Kier alpha value is -3.19. The molecule has 0 aliphatic heterocycles. The van der Waals surface area contributed by atoms with E-state index in [9.17, 15) is 10.1 Å². The Labute approximate surface area is 219 Å². The first kappa shape index (κ1) is 24.9. The van der Waals surface area contributed by atoms with Crippen LogP contribution in [0, 0.1) is 11.3 Å². The van der Waals surface area contributed by atoms with E-state index in [0.29, 0.717) is 10.3 Å². The van der Waals surface area contributed by atoms with Gasteiger partial charge in [0.05, 0.1) is 15.9 Å². The average Bonchev–Trinajstić information content (AvgIpc) is 2.88. The van der Waals surface area contributed by atoms with Crippen molar-refractivity contribution in [1.82, 2.24) is 5.32 Å². The Kier molecular flexibility index (Phi) is 7.86. The monoisotopic (exact) mass is 532 g/mol. The SMILES string of the molecule is N#CC(C(=S)NC(=O)c1ccc(Cl)cc1Cl)=P(c1ccccc1)(c1ccccc1)c1ccccc1. The third kappa shape index (κ3) is 4.96. The average molecular weight is 533 g/mol. The maximum atomic E-state index is 13.1. The smallest absolute Gasteiger partial charge is 0.257 e. The summed E-state index contributed by atoms with van der Waals surface area (Å²) in [5, 5.41) is 17.1. The van der Waals surface area contributed by atoms with Gasteiger partial charge in [-0.1, -0.05) is 126 Å². The van der Waals surface area contributed by atoms with E-state index in [2.05, 4.69) is 11.4 Å². The number of thiocarbonyl (C=S) groups is 1. The quantitative estimate of drug-likeness (QED) is 0.263. The largest absolute Gasteiger partial charge is 0.312 e. The highest BCUT2D eigenvalue weighted by atomic mass is 35.5. The summed E-state index contributed by atoms with van der Waals surface area (Å²) in [6.07, 6.45) is 0. The predicted molar refractivity (Wildman–Crippen MR) is 152 cm³/mol. The fourth-order valence-electron chi connectivity index (χ4n) is 3.97. The summed E-state index contributed by atoms with van der Waals surface area (Å²) in [5.74, 6) is -0.503. The van der Waals surface area contributed by atoms with Crippen LogP contribution in [0.1, 0.15) is 10.4 Å². The van der Waals surface area contributed by atoms with Crippen LogP contribution in [0.5, 0.6) is 0 Å². The highest BCUT2D eigenvalue weighted by Crippen LogP contribution is 2.46. The molecule has 0 fully saturated rings. The van der Waals surface area contributed by atoms with E-state index in [1.807, 2.05) is 91.0 Å². The molecule has 3 nitrogen and oxygen atoms in total. The molecule has 0 saturated heterocycles. The summed E-state index contributed by atoms with van der Waals surface area (Å²) in [4.78, 5) is 13.2. The Morgan fingerprint density at radius 2 is 1.23 bits per heavy atom. The van der Waals surface area contributed by atoms with Crippen molar-refractivity contribution in [3.8, 4) is 6.07 Å². The minimum Gasteiger partial charge on any atom is -0.312 e. The molecule has 0 spiro atoms. The first-order valence-electron chi connectivity index (χ1n) is 10.6. The van der Waals surface area contributed by atoms with Gasteiger partial charge < -0.3 is 5.32 Å². The van der Waals surface area contributed by atoms with Crippen LogP contribution in [0.2, 0.25) is 10.0 Å². The summed E-state index contributed by atoms with van der Waals surface area (Å²) < 4.78 is 0. The third-order valence-electron chi connectivity index (χ3n) is 5.49. The number of benzene rings is 4. The second-order valence-corrected chi connectivity index (χ2v) is 12.1. The molecule has 1 amide bonds. The zero-order chi connectivity index (χ0) is 24.8. The van der Waals surface area contributed by atoms with E-state index in [1.54, 1.807) is 6.07 Å². The molecule has 0 aliphatic carbocycles. The molecule has 0 heterocycles. The number of halogens is 2. The van der Waals surface area contributed by atoms with Crippen molar-refractivity contribution < 1.29 is 4.79 Å². The van der Waals surface area contributed by atoms with Crippen molar-refractivity contribution in [3.05, 3.63) is 125 Å². The first-order chi connectivity index (χ1) is 17.0. The van der Waals surface area contributed by atoms with Crippen LogP contribution in [0.25, 0.3) is 0 Å². The fraction of sp³-hybridized carbons (Fsp3) is 0. The van der Waals surface area contributed by atoms with Crippen LogP contribution in [0.3, 0.4) is 0 Å². The van der Waals surface area contributed by atoms with Crippen molar-refractivity contribution in [2.45, 2.75) is 0 Å². The summed E-state index contributed by atoms with van der Waals surface area (Å²) >= 11 is 18.0. The second-order valence-electron chi connectivity index (χ2n) is 7.55. The van der Waals surface area contributed by atoms with Gasteiger partial charge in [-0.25, -0.2) is 0 Å². The lowest BCUT2D eigenvalue weighted by Crippen LogP contribution is -2.39. The number of nitriles is 1. The molecule has 1 N–H and O–H groups in total. The highest BCUT2D eigenvalue weighted by molar-refractivity contribution is 7.99. The van der Waals surface area contributed by atoms with Gasteiger partial charge in [0.25, 0.3) is 5.91 Å². The number of carbonyl (C=O) groups excluding carboxylic acids is 1. The standard InChI is InChI=1S/C28H19Cl2N2OPS/c29-20-16-17-24(25(30)18-20)27(33)32-28(35)26(19-31)34(21-10-4-1-5-11-21,22-12-6-2-7-13-22)23-14-8-3-9-15-23/h1-18H,(H,32,33,35). The molecule has 7 heteroatoms. The number of carbonyl (C=O) groups is 1. The van der Waals surface area contributed by atoms with Gasteiger partial charge in [-0.05, 0) is 41.0 Å². The molecule has 172 valence electrons. The predicted octanol–water partition coefficient (Wildman–Crippen LogP) is 5.74. The van der Waals surface area contributed by atoms with Crippen molar-refractivity contribution in [2.24, 2.45) is 0 Å². The molecular formula is C28H19Cl2N2OPS. The molecular weight excluding hydrogens is 514 g/mol. The molecule has 0 radical (unpaired) electrons. The minimum atomic E-state index is -2.74. The number of amides is 1. The Balaban J connectivity index is 2.00. The number of rotatable bonds is 5. The van der Waals surface area contributed by atoms with Gasteiger partial charge >= 0.3 is 0 Å². The van der Waals surface area contributed by atoms with Crippen LogP contribution < -0.4 is 21.2 Å². The van der Waals surface area contributed by atoms with Gasteiger partial charge in [0.2, 0.25) is 0 Å². The lowest BCUT2D eigenvalue weighted by molar-refractivity contribution is 0.0978. The molecule has 0 aliphatic rings. The number of nitrogens with zero attached hydrogens (tertiary/aromatic N) is 1. The van der Waals surface area contributed by atoms with Crippen molar-refractivity contribution in [1.29, 1.82) is 5.26 Å².